The molecule has 0 bridgehead atoms. The predicted molar refractivity (Wildman–Crippen MR) is 90.0 cm³/mol. The van der Waals surface area contributed by atoms with Crippen molar-refractivity contribution < 1.29 is 5.11 Å². The monoisotopic (exact) mass is 285 g/mol. The fourth-order valence-electron chi connectivity index (χ4n) is 2.80. The van der Waals surface area contributed by atoms with Gasteiger partial charge in [0.15, 0.2) is 0 Å². The third kappa shape index (κ3) is 11.7. The van der Waals surface area contributed by atoms with Gasteiger partial charge in [-0.25, -0.2) is 0 Å². The first-order valence-electron chi connectivity index (χ1n) is 9.11. The highest BCUT2D eigenvalue weighted by Crippen LogP contribution is 2.22. The molecule has 0 aromatic rings. The molecule has 0 aliphatic carbocycles. The second-order valence-electron chi connectivity index (χ2n) is 6.46. The zero-order valence-corrected chi connectivity index (χ0v) is 14.1. The summed E-state index contributed by atoms with van der Waals surface area (Å²) in [6, 6.07) is 0. The maximum absolute atomic E-state index is 10.5. The van der Waals surface area contributed by atoms with Gasteiger partial charge in [-0.15, -0.1) is 0 Å². The van der Waals surface area contributed by atoms with Crippen LogP contribution < -0.4 is 5.73 Å². The molecule has 1 unspecified atom stereocenters. The summed E-state index contributed by atoms with van der Waals surface area (Å²) in [5, 5.41) is 10.5. The number of nitrogens with two attached hydrogens (primary N) is 1. The van der Waals surface area contributed by atoms with Gasteiger partial charge in [0, 0.05) is 6.54 Å². The van der Waals surface area contributed by atoms with E-state index in [9.17, 15) is 5.11 Å². The number of aliphatic hydroxyl groups is 1. The summed E-state index contributed by atoms with van der Waals surface area (Å²) in [6.07, 6.45) is 17.2. The average molecular weight is 286 g/mol. The van der Waals surface area contributed by atoms with Crippen molar-refractivity contribution in [1.29, 1.82) is 0 Å². The van der Waals surface area contributed by atoms with E-state index in [0.717, 1.165) is 25.7 Å². The average Bonchev–Trinajstić information content (AvgIpc) is 2.46. The van der Waals surface area contributed by atoms with Gasteiger partial charge >= 0.3 is 0 Å². The van der Waals surface area contributed by atoms with Gasteiger partial charge in [0.05, 0.1) is 5.60 Å². The molecule has 0 rings (SSSR count). The van der Waals surface area contributed by atoms with Gasteiger partial charge in [-0.1, -0.05) is 90.9 Å². The third-order valence-corrected chi connectivity index (χ3v) is 4.37. The lowest BCUT2D eigenvalue weighted by atomic mass is 9.90. The van der Waals surface area contributed by atoms with Gasteiger partial charge < -0.3 is 10.8 Å². The molecule has 0 aliphatic heterocycles. The predicted octanol–water partition coefficient (Wildman–Crippen LogP) is 5.18. The first-order valence-corrected chi connectivity index (χ1v) is 9.11. The number of hydrogen-bond donors (Lipinski definition) is 2. The van der Waals surface area contributed by atoms with Crippen LogP contribution in [0.5, 0.6) is 0 Å². The molecular formula is C18H39NO. The van der Waals surface area contributed by atoms with Crippen molar-refractivity contribution >= 4 is 0 Å². The van der Waals surface area contributed by atoms with Crippen molar-refractivity contribution in [3.8, 4) is 0 Å². The van der Waals surface area contributed by atoms with E-state index in [1.54, 1.807) is 0 Å². The Morgan fingerprint density at radius 1 is 0.650 bits per heavy atom. The van der Waals surface area contributed by atoms with Crippen molar-refractivity contribution in [1.82, 2.24) is 0 Å². The van der Waals surface area contributed by atoms with Crippen molar-refractivity contribution in [2.24, 2.45) is 5.73 Å². The van der Waals surface area contributed by atoms with Crippen LogP contribution in [-0.4, -0.2) is 17.3 Å². The van der Waals surface area contributed by atoms with Crippen LogP contribution >= 0.6 is 0 Å². The Hall–Kier alpha value is -0.0800. The Bertz CT molecular complexity index is 196. The Morgan fingerprint density at radius 2 is 1.00 bits per heavy atom. The van der Waals surface area contributed by atoms with Crippen LogP contribution in [0, 0.1) is 0 Å². The first-order chi connectivity index (χ1) is 9.68. The first kappa shape index (κ1) is 19.9. The molecule has 0 aromatic carbocycles. The summed E-state index contributed by atoms with van der Waals surface area (Å²) in [7, 11) is 0. The zero-order valence-electron chi connectivity index (χ0n) is 14.1. The molecule has 0 saturated carbocycles. The van der Waals surface area contributed by atoms with Gasteiger partial charge in [-0.2, -0.15) is 0 Å². The second kappa shape index (κ2) is 13.9. The van der Waals surface area contributed by atoms with Crippen molar-refractivity contribution in [2.45, 2.75) is 109 Å². The minimum Gasteiger partial charge on any atom is -0.389 e. The number of rotatable bonds is 15. The van der Waals surface area contributed by atoms with Crippen LogP contribution in [0.25, 0.3) is 0 Å². The lowest BCUT2D eigenvalue weighted by Crippen LogP contribution is -2.37. The molecule has 0 aromatic heterocycles. The molecule has 2 nitrogen and oxygen atoms in total. The van der Waals surface area contributed by atoms with E-state index in [1.165, 1.54) is 64.2 Å². The SMILES string of the molecule is CCCCCCCCCCC(O)(CN)CCCCCC. The standard InChI is InChI=1S/C18H39NO/c1-3-5-7-9-10-11-12-14-16-18(20,17-19)15-13-8-6-4-2/h20H,3-17,19H2,1-2H3. The Labute approximate surface area is 127 Å². The smallest absolute Gasteiger partial charge is 0.0769 e. The van der Waals surface area contributed by atoms with E-state index >= 15 is 0 Å². The largest absolute Gasteiger partial charge is 0.389 e. The minimum absolute atomic E-state index is 0.426. The fraction of sp³-hybridized carbons (Fsp3) is 1.00. The van der Waals surface area contributed by atoms with Gasteiger partial charge in [-0.05, 0) is 12.8 Å². The van der Waals surface area contributed by atoms with Gasteiger partial charge in [0.1, 0.15) is 0 Å². The van der Waals surface area contributed by atoms with Crippen LogP contribution in [0.15, 0.2) is 0 Å². The molecule has 20 heavy (non-hydrogen) atoms. The Kier molecular flexibility index (Phi) is 13.8. The molecule has 2 heteroatoms. The lowest BCUT2D eigenvalue weighted by Gasteiger charge is -2.26. The summed E-state index contributed by atoms with van der Waals surface area (Å²) >= 11 is 0. The van der Waals surface area contributed by atoms with Crippen molar-refractivity contribution in [3.63, 3.8) is 0 Å². The molecule has 0 fully saturated rings. The van der Waals surface area contributed by atoms with E-state index in [2.05, 4.69) is 13.8 Å². The highest BCUT2D eigenvalue weighted by atomic mass is 16.3. The molecule has 0 aliphatic rings. The Morgan fingerprint density at radius 3 is 1.40 bits per heavy atom. The van der Waals surface area contributed by atoms with E-state index in [4.69, 9.17) is 5.73 Å². The number of hydrogen-bond acceptors (Lipinski definition) is 2. The maximum Gasteiger partial charge on any atom is 0.0769 e. The minimum atomic E-state index is -0.587. The maximum atomic E-state index is 10.5. The van der Waals surface area contributed by atoms with Gasteiger partial charge in [-0.3, -0.25) is 0 Å². The molecule has 3 N–H and O–H groups in total. The van der Waals surface area contributed by atoms with Crippen LogP contribution in [0.4, 0.5) is 0 Å². The summed E-state index contributed by atoms with van der Waals surface area (Å²) in [6.45, 7) is 4.90. The van der Waals surface area contributed by atoms with Gasteiger partial charge in [0.25, 0.3) is 0 Å². The third-order valence-electron chi connectivity index (χ3n) is 4.37. The van der Waals surface area contributed by atoms with Crippen molar-refractivity contribution in [3.05, 3.63) is 0 Å². The summed E-state index contributed by atoms with van der Waals surface area (Å²) in [5.74, 6) is 0. The molecule has 0 amide bonds. The van der Waals surface area contributed by atoms with Crippen LogP contribution in [-0.2, 0) is 0 Å². The van der Waals surface area contributed by atoms with Crippen LogP contribution in [0.1, 0.15) is 104 Å². The Balaban J connectivity index is 3.51. The zero-order chi connectivity index (χ0) is 15.1. The molecule has 1 atom stereocenters. The normalized spacial score (nSPS) is 14.4. The van der Waals surface area contributed by atoms with Crippen LogP contribution in [0.3, 0.4) is 0 Å². The van der Waals surface area contributed by atoms with Crippen molar-refractivity contribution in [2.75, 3.05) is 6.54 Å². The summed E-state index contributed by atoms with van der Waals surface area (Å²) in [4.78, 5) is 0. The fourth-order valence-corrected chi connectivity index (χ4v) is 2.80. The molecule has 0 radical (unpaired) electrons. The summed E-state index contributed by atoms with van der Waals surface area (Å²) in [5.41, 5.74) is 5.18. The van der Waals surface area contributed by atoms with E-state index < -0.39 is 5.60 Å². The number of unbranched alkanes of at least 4 members (excludes halogenated alkanes) is 10. The highest BCUT2D eigenvalue weighted by Gasteiger charge is 2.23. The lowest BCUT2D eigenvalue weighted by molar-refractivity contribution is 0.0264. The molecule has 0 spiro atoms. The molecule has 0 heterocycles. The second-order valence-corrected chi connectivity index (χ2v) is 6.46. The van der Waals surface area contributed by atoms with E-state index in [0.29, 0.717) is 6.54 Å². The van der Waals surface area contributed by atoms with E-state index in [-0.39, 0.29) is 0 Å². The van der Waals surface area contributed by atoms with E-state index in [1.807, 2.05) is 0 Å². The summed E-state index contributed by atoms with van der Waals surface area (Å²) < 4.78 is 0. The van der Waals surface area contributed by atoms with Crippen LogP contribution in [0.2, 0.25) is 0 Å². The quantitative estimate of drug-likeness (QED) is 0.407. The molecule has 0 saturated heterocycles. The topological polar surface area (TPSA) is 46.2 Å². The highest BCUT2D eigenvalue weighted by molar-refractivity contribution is 4.79. The molecule has 122 valence electrons. The van der Waals surface area contributed by atoms with Gasteiger partial charge in [0.2, 0.25) is 0 Å². The molecular weight excluding hydrogens is 246 g/mol.